The molecule has 5 rings (SSSR count). The first kappa shape index (κ1) is 18.4. The number of rotatable bonds is 2. The van der Waals surface area contributed by atoms with Crippen molar-refractivity contribution in [1.29, 1.82) is 0 Å². The third kappa shape index (κ3) is 2.92. The van der Waals surface area contributed by atoms with Crippen molar-refractivity contribution in [3.8, 4) is 0 Å². The molecule has 0 unspecified atom stereocenters. The topological polar surface area (TPSA) is 28.1 Å². The number of benzene rings is 3. The Morgan fingerprint density at radius 1 is 0.900 bits per heavy atom. The lowest BCUT2D eigenvalue weighted by molar-refractivity contribution is -0.140. The maximum Gasteiger partial charge on any atom is 0.419 e. The van der Waals surface area contributed by atoms with Crippen LogP contribution in [0, 0.1) is 5.82 Å². The van der Waals surface area contributed by atoms with Crippen molar-refractivity contribution in [2.45, 2.75) is 6.18 Å². The van der Waals surface area contributed by atoms with E-state index in [1.807, 2.05) is 48.5 Å². The van der Waals surface area contributed by atoms with Crippen LogP contribution in [0.15, 0.2) is 77.9 Å². The van der Waals surface area contributed by atoms with Gasteiger partial charge in [0.15, 0.2) is 0 Å². The number of aliphatic imine (C=N–C) groups is 1. The van der Waals surface area contributed by atoms with Crippen LogP contribution < -0.4 is 0 Å². The number of nitrogens with one attached hydrogen (secondary N) is 1. The lowest BCUT2D eigenvalue weighted by atomic mass is 9.89. The van der Waals surface area contributed by atoms with Crippen molar-refractivity contribution in [1.82, 2.24) is 4.98 Å². The second-order valence-electron chi connectivity index (χ2n) is 7.00. The summed E-state index contributed by atoms with van der Waals surface area (Å²) in [6.07, 6.45) is -1.28. The van der Waals surface area contributed by atoms with Crippen LogP contribution in [0.5, 0.6) is 0 Å². The van der Waals surface area contributed by atoms with Gasteiger partial charge in [0.25, 0.3) is 0 Å². The number of halogens is 4. The standard InChI is InChI=1S/C24H14F4N2/c25-20-11-14(9-10-19(20)24(26,27)28)23(17-12-29-21-7-3-1-5-15(17)21)18-13-30-22-8-4-2-6-16(18)22/h1-13,29H. The van der Waals surface area contributed by atoms with Gasteiger partial charge in [-0.15, -0.1) is 0 Å². The predicted molar refractivity (Wildman–Crippen MR) is 110 cm³/mol. The van der Waals surface area contributed by atoms with Crippen molar-refractivity contribution in [2.75, 3.05) is 0 Å². The molecule has 4 aromatic rings. The first-order valence-corrected chi connectivity index (χ1v) is 9.25. The summed E-state index contributed by atoms with van der Waals surface area (Å²) < 4.78 is 53.7. The molecule has 1 aliphatic rings. The zero-order valence-electron chi connectivity index (χ0n) is 15.5. The van der Waals surface area contributed by atoms with Crippen LogP contribution >= 0.6 is 0 Å². The third-order valence-corrected chi connectivity index (χ3v) is 5.22. The fourth-order valence-corrected chi connectivity index (χ4v) is 3.85. The second-order valence-corrected chi connectivity index (χ2v) is 7.00. The number of H-pyrrole nitrogens is 1. The minimum absolute atomic E-state index is 0.350. The van der Waals surface area contributed by atoms with Gasteiger partial charge in [-0.25, -0.2) is 4.39 Å². The van der Waals surface area contributed by atoms with Crippen LogP contribution in [0.25, 0.3) is 22.0 Å². The van der Waals surface area contributed by atoms with E-state index in [1.165, 1.54) is 6.07 Å². The number of nitrogens with zero attached hydrogens (tertiary/aromatic N) is 1. The van der Waals surface area contributed by atoms with Gasteiger partial charge >= 0.3 is 6.18 Å². The molecule has 0 atom stereocenters. The molecule has 2 heterocycles. The fourth-order valence-electron chi connectivity index (χ4n) is 3.85. The van der Waals surface area contributed by atoms with Crippen LogP contribution in [0.1, 0.15) is 22.3 Å². The monoisotopic (exact) mass is 406 g/mol. The summed E-state index contributed by atoms with van der Waals surface area (Å²) in [5, 5.41) is 0.887. The van der Waals surface area contributed by atoms with Gasteiger partial charge in [0.05, 0.1) is 11.3 Å². The van der Waals surface area contributed by atoms with E-state index >= 15 is 0 Å². The molecular weight excluding hydrogens is 392 g/mol. The van der Waals surface area contributed by atoms with Crippen LogP contribution in [0.4, 0.5) is 23.2 Å². The molecule has 0 fully saturated rings. The van der Waals surface area contributed by atoms with E-state index in [0.29, 0.717) is 11.1 Å². The summed E-state index contributed by atoms with van der Waals surface area (Å²) in [4.78, 5) is 7.61. The second kappa shape index (κ2) is 6.69. The van der Waals surface area contributed by atoms with Crippen molar-refractivity contribution >= 4 is 34.0 Å². The van der Waals surface area contributed by atoms with Gasteiger partial charge < -0.3 is 4.98 Å². The average Bonchev–Trinajstić information content (AvgIpc) is 3.33. The third-order valence-electron chi connectivity index (χ3n) is 5.22. The molecule has 1 N–H and O–H groups in total. The highest BCUT2D eigenvalue weighted by Crippen LogP contribution is 2.42. The summed E-state index contributed by atoms with van der Waals surface area (Å²) >= 11 is 0. The molecule has 1 aliphatic heterocycles. The van der Waals surface area contributed by atoms with Crippen LogP contribution in [-0.4, -0.2) is 11.2 Å². The number of fused-ring (bicyclic) bond motifs is 2. The molecule has 30 heavy (non-hydrogen) atoms. The Bertz CT molecular complexity index is 1340. The molecule has 0 amide bonds. The number of para-hydroxylation sites is 2. The highest BCUT2D eigenvalue weighted by molar-refractivity contribution is 6.27. The van der Waals surface area contributed by atoms with E-state index in [4.69, 9.17) is 0 Å². The van der Waals surface area contributed by atoms with E-state index in [0.717, 1.165) is 45.4 Å². The lowest BCUT2D eigenvalue weighted by Crippen LogP contribution is -2.08. The SMILES string of the molecule is Fc1cc(C(=C2C=Nc3ccccc32)c2c[nH]c3ccccc23)ccc1C(F)(F)F. The molecule has 0 bridgehead atoms. The minimum Gasteiger partial charge on any atom is -0.361 e. The Labute approximate surface area is 169 Å². The Hall–Kier alpha value is -3.67. The quantitative estimate of drug-likeness (QED) is 0.347. The Morgan fingerprint density at radius 2 is 1.67 bits per heavy atom. The van der Waals surface area contributed by atoms with E-state index in [1.54, 1.807) is 12.4 Å². The van der Waals surface area contributed by atoms with Gasteiger partial charge in [-0.05, 0) is 29.8 Å². The van der Waals surface area contributed by atoms with Crippen LogP contribution in [-0.2, 0) is 6.18 Å². The zero-order chi connectivity index (χ0) is 20.9. The lowest BCUT2D eigenvalue weighted by Gasteiger charge is -2.14. The minimum atomic E-state index is -4.75. The number of aromatic amines is 1. The summed E-state index contributed by atoms with van der Waals surface area (Å²) in [7, 11) is 0. The Morgan fingerprint density at radius 3 is 2.47 bits per heavy atom. The summed E-state index contributed by atoms with van der Waals surface area (Å²) in [6, 6.07) is 18.1. The summed E-state index contributed by atoms with van der Waals surface area (Å²) in [5.41, 5.74) is 3.67. The van der Waals surface area contributed by atoms with Gasteiger partial charge in [0, 0.05) is 45.6 Å². The van der Waals surface area contributed by atoms with E-state index in [2.05, 4.69) is 9.98 Å². The van der Waals surface area contributed by atoms with Crippen LogP contribution in [0.3, 0.4) is 0 Å². The predicted octanol–water partition coefficient (Wildman–Crippen LogP) is 7.00. The largest absolute Gasteiger partial charge is 0.419 e. The van der Waals surface area contributed by atoms with E-state index in [-0.39, 0.29) is 0 Å². The van der Waals surface area contributed by atoms with Crippen molar-refractivity contribution in [3.05, 3.63) is 101 Å². The number of allylic oxidation sites excluding steroid dienone is 1. The molecule has 2 nitrogen and oxygen atoms in total. The molecule has 0 aliphatic carbocycles. The maximum absolute atomic E-state index is 14.5. The molecule has 0 radical (unpaired) electrons. The van der Waals surface area contributed by atoms with Crippen molar-refractivity contribution < 1.29 is 17.6 Å². The molecule has 1 aromatic heterocycles. The number of aromatic nitrogens is 1. The van der Waals surface area contributed by atoms with Gasteiger partial charge in [0.1, 0.15) is 5.82 Å². The van der Waals surface area contributed by atoms with Crippen molar-refractivity contribution in [2.24, 2.45) is 4.99 Å². The van der Waals surface area contributed by atoms with Gasteiger partial charge in [0.2, 0.25) is 0 Å². The molecule has 3 aromatic carbocycles. The smallest absolute Gasteiger partial charge is 0.361 e. The van der Waals surface area contributed by atoms with E-state index < -0.39 is 17.6 Å². The Balaban J connectivity index is 1.81. The Kier molecular flexibility index (Phi) is 4.10. The van der Waals surface area contributed by atoms with Gasteiger partial charge in [-0.1, -0.05) is 42.5 Å². The summed E-state index contributed by atoms with van der Waals surface area (Å²) in [5.74, 6) is -1.30. The van der Waals surface area contributed by atoms with Gasteiger partial charge in [-0.3, -0.25) is 4.99 Å². The molecule has 0 spiro atoms. The normalized spacial score (nSPS) is 14.9. The summed E-state index contributed by atoms with van der Waals surface area (Å²) in [6.45, 7) is 0. The van der Waals surface area contributed by atoms with Crippen LogP contribution in [0.2, 0.25) is 0 Å². The highest BCUT2D eigenvalue weighted by Gasteiger charge is 2.34. The maximum atomic E-state index is 14.5. The molecular formula is C24H14F4N2. The molecule has 0 saturated heterocycles. The molecule has 0 saturated carbocycles. The highest BCUT2D eigenvalue weighted by atomic mass is 19.4. The first-order chi connectivity index (χ1) is 14.4. The number of alkyl halides is 3. The fraction of sp³-hybridized carbons (Fsp3) is 0.0417. The van der Waals surface area contributed by atoms with E-state index in [9.17, 15) is 17.6 Å². The average molecular weight is 406 g/mol. The first-order valence-electron chi connectivity index (χ1n) is 9.25. The van der Waals surface area contributed by atoms with Gasteiger partial charge in [-0.2, -0.15) is 13.2 Å². The number of hydrogen-bond acceptors (Lipinski definition) is 1. The molecule has 6 heteroatoms. The molecule has 148 valence electrons. The zero-order valence-corrected chi connectivity index (χ0v) is 15.5. The number of hydrogen-bond donors (Lipinski definition) is 1. The van der Waals surface area contributed by atoms with Crippen molar-refractivity contribution in [3.63, 3.8) is 0 Å².